The molecule has 0 amide bonds. The van der Waals surface area contributed by atoms with E-state index in [2.05, 4.69) is 39.0 Å². The fourth-order valence-electron chi connectivity index (χ4n) is 2.75. The zero-order chi connectivity index (χ0) is 20.4. The van der Waals surface area contributed by atoms with E-state index in [1.807, 2.05) is 13.0 Å². The van der Waals surface area contributed by atoms with Gasteiger partial charge < -0.3 is 29.9 Å². The molecule has 156 valence electrons. The topological polar surface area (TPSA) is 99.4 Å². The van der Waals surface area contributed by atoms with Gasteiger partial charge in [0.25, 0.3) is 0 Å². The second-order valence-corrected chi connectivity index (χ2v) is 7.55. The molecule has 0 aromatic heterocycles. The van der Waals surface area contributed by atoms with Crippen molar-refractivity contribution in [1.29, 1.82) is 0 Å². The first-order chi connectivity index (χ1) is 12.8. The first-order valence-electron chi connectivity index (χ1n) is 9.66. The van der Waals surface area contributed by atoms with Crippen LogP contribution in [0, 0.1) is 5.92 Å². The molecule has 4 N–H and O–H groups in total. The third-order valence-electron chi connectivity index (χ3n) is 4.53. The molecule has 0 bridgehead atoms. The summed E-state index contributed by atoms with van der Waals surface area (Å²) in [7, 11) is 0. The van der Waals surface area contributed by atoms with Crippen LogP contribution in [-0.2, 0) is 9.47 Å². The number of hydrogen-bond acceptors (Lipinski definition) is 6. The van der Waals surface area contributed by atoms with Crippen LogP contribution < -0.4 is 0 Å². The Morgan fingerprint density at radius 3 is 2.37 bits per heavy atom. The van der Waals surface area contributed by atoms with E-state index in [4.69, 9.17) is 14.6 Å². The molecule has 0 radical (unpaired) electrons. The summed E-state index contributed by atoms with van der Waals surface area (Å²) in [6.45, 7) is 8.22. The first kappa shape index (κ1) is 24.0. The summed E-state index contributed by atoms with van der Waals surface area (Å²) in [5.74, 6) is 0.576. The van der Waals surface area contributed by atoms with E-state index in [-0.39, 0.29) is 6.61 Å². The van der Waals surface area contributed by atoms with Crippen LogP contribution in [0.1, 0.15) is 47.0 Å². The lowest BCUT2D eigenvalue weighted by atomic mass is 9.99. The van der Waals surface area contributed by atoms with Crippen LogP contribution >= 0.6 is 0 Å². The highest BCUT2D eigenvalue weighted by Gasteiger charge is 2.43. The molecule has 5 atom stereocenters. The van der Waals surface area contributed by atoms with Gasteiger partial charge in [-0.1, -0.05) is 49.3 Å². The van der Waals surface area contributed by atoms with Crippen LogP contribution in [0.2, 0.25) is 0 Å². The molecule has 0 saturated carbocycles. The van der Waals surface area contributed by atoms with E-state index in [0.717, 1.165) is 24.8 Å². The summed E-state index contributed by atoms with van der Waals surface area (Å²) in [6, 6.07) is 0. The molecule has 1 saturated heterocycles. The maximum atomic E-state index is 9.92. The van der Waals surface area contributed by atoms with Crippen LogP contribution in [0.4, 0.5) is 0 Å². The van der Waals surface area contributed by atoms with Crippen molar-refractivity contribution in [3.63, 3.8) is 0 Å². The lowest BCUT2D eigenvalue weighted by Crippen LogP contribution is -2.59. The third kappa shape index (κ3) is 8.68. The zero-order valence-corrected chi connectivity index (χ0v) is 16.9. The summed E-state index contributed by atoms with van der Waals surface area (Å²) in [4.78, 5) is 0. The normalized spacial score (nSPS) is 30.5. The van der Waals surface area contributed by atoms with Crippen molar-refractivity contribution in [2.75, 3.05) is 13.2 Å². The highest BCUT2D eigenvalue weighted by molar-refractivity contribution is 5.07. The number of aliphatic hydroxyl groups excluding tert-OH is 4. The van der Waals surface area contributed by atoms with Crippen LogP contribution in [0.15, 0.2) is 35.5 Å². The summed E-state index contributed by atoms with van der Waals surface area (Å²) in [5.41, 5.74) is 2.50. The molecule has 6 heteroatoms. The fourth-order valence-corrected chi connectivity index (χ4v) is 2.75. The van der Waals surface area contributed by atoms with Gasteiger partial charge in [-0.15, -0.1) is 0 Å². The highest BCUT2D eigenvalue weighted by atomic mass is 16.7. The predicted molar refractivity (Wildman–Crippen MR) is 105 cm³/mol. The molecule has 0 aromatic carbocycles. The Morgan fingerprint density at radius 1 is 1.04 bits per heavy atom. The molecule has 0 aliphatic carbocycles. The Bertz CT molecular complexity index is 509. The van der Waals surface area contributed by atoms with Gasteiger partial charge in [0.1, 0.15) is 24.4 Å². The first-order valence-corrected chi connectivity index (χ1v) is 9.66. The smallest absolute Gasteiger partial charge is 0.187 e. The van der Waals surface area contributed by atoms with Gasteiger partial charge in [0.05, 0.1) is 13.2 Å². The van der Waals surface area contributed by atoms with Crippen LogP contribution in [0.5, 0.6) is 0 Å². The van der Waals surface area contributed by atoms with E-state index in [1.54, 1.807) is 0 Å². The predicted octanol–water partition coefficient (Wildman–Crippen LogP) is 2.08. The van der Waals surface area contributed by atoms with E-state index in [9.17, 15) is 15.3 Å². The van der Waals surface area contributed by atoms with Gasteiger partial charge in [-0.05, 0) is 39.0 Å². The Kier molecular flexibility index (Phi) is 11.1. The largest absolute Gasteiger partial charge is 0.394 e. The molecule has 0 spiro atoms. The van der Waals surface area contributed by atoms with Gasteiger partial charge in [-0.3, -0.25) is 0 Å². The second kappa shape index (κ2) is 12.4. The molecule has 1 fully saturated rings. The van der Waals surface area contributed by atoms with Crippen molar-refractivity contribution in [2.45, 2.75) is 77.7 Å². The van der Waals surface area contributed by atoms with E-state index < -0.39 is 37.3 Å². The van der Waals surface area contributed by atoms with Crippen molar-refractivity contribution in [3.8, 4) is 0 Å². The van der Waals surface area contributed by atoms with E-state index in [1.165, 1.54) is 5.57 Å². The Labute approximate surface area is 162 Å². The van der Waals surface area contributed by atoms with Crippen LogP contribution in [0.25, 0.3) is 0 Å². The van der Waals surface area contributed by atoms with Crippen LogP contribution in [0.3, 0.4) is 0 Å². The molecule has 1 heterocycles. The molecule has 1 aliphatic heterocycles. The minimum atomic E-state index is -1.41. The van der Waals surface area contributed by atoms with Crippen LogP contribution in [-0.4, -0.2) is 64.3 Å². The van der Waals surface area contributed by atoms with Crippen molar-refractivity contribution in [3.05, 3.63) is 35.5 Å². The van der Waals surface area contributed by atoms with Crippen molar-refractivity contribution < 1.29 is 29.9 Å². The Balaban J connectivity index is 2.37. The monoisotopic (exact) mass is 384 g/mol. The Morgan fingerprint density at radius 2 is 1.74 bits per heavy atom. The molecular formula is C21H36O6. The van der Waals surface area contributed by atoms with Crippen molar-refractivity contribution in [2.24, 2.45) is 5.92 Å². The maximum Gasteiger partial charge on any atom is 0.187 e. The van der Waals surface area contributed by atoms with Gasteiger partial charge in [0.2, 0.25) is 0 Å². The summed E-state index contributed by atoms with van der Waals surface area (Å²) >= 11 is 0. The quantitative estimate of drug-likeness (QED) is 0.431. The van der Waals surface area contributed by atoms with E-state index in [0.29, 0.717) is 5.92 Å². The third-order valence-corrected chi connectivity index (χ3v) is 4.53. The van der Waals surface area contributed by atoms with Crippen molar-refractivity contribution >= 4 is 0 Å². The molecule has 1 aliphatic rings. The summed E-state index contributed by atoms with van der Waals surface area (Å²) in [5, 5.41) is 38.6. The molecular weight excluding hydrogens is 348 g/mol. The Hall–Kier alpha value is -1.02. The van der Waals surface area contributed by atoms with Gasteiger partial charge in [0, 0.05) is 0 Å². The molecule has 0 unspecified atom stereocenters. The summed E-state index contributed by atoms with van der Waals surface area (Å²) < 4.78 is 10.8. The van der Waals surface area contributed by atoms with Gasteiger partial charge in [-0.25, -0.2) is 0 Å². The molecule has 6 nitrogen and oxygen atoms in total. The fraction of sp³-hybridized carbons (Fsp3) is 0.714. The number of aliphatic hydroxyl groups is 4. The number of allylic oxidation sites excluding steroid dienone is 5. The molecule has 1 rings (SSSR count). The number of rotatable bonds is 10. The zero-order valence-electron chi connectivity index (χ0n) is 16.9. The lowest BCUT2D eigenvalue weighted by molar-refractivity contribution is -0.298. The number of ether oxygens (including phenoxy) is 2. The van der Waals surface area contributed by atoms with E-state index >= 15 is 0 Å². The standard InChI is InChI=1S/C21H36O6/c1-14(2)7-5-8-15(3)9-6-10-16(4)11-12-26-21-20(25)19(24)18(23)17(13-22)27-21/h5,7,9,11,14,17-25H,6,8,10,12-13H2,1-4H3/b7-5+,15-9+,16-11+/t17-,18-,19+,20-,21-/m1/s1. The van der Waals surface area contributed by atoms with Gasteiger partial charge >= 0.3 is 0 Å². The van der Waals surface area contributed by atoms with Gasteiger partial charge in [-0.2, -0.15) is 0 Å². The maximum absolute atomic E-state index is 9.92. The molecule has 27 heavy (non-hydrogen) atoms. The lowest BCUT2D eigenvalue weighted by Gasteiger charge is -2.39. The average molecular weight is 385 g/mol. The minimum absolute atomic E-state index is 0.217. The summed E-state index contributed by atoms with van der Waals surface area (Å²) in [6.07, 6.45) is 5.21. The molecule has 0 aromatic rings. The van der Waals surface area contributed by atoms with Crippen molar-refractivity contribution in [1.82, 2.24) is 0 Å². The number of hydrogen-bond donors (Lipinski definition) is 4. The second-order valence-electron chi connectivity index (χ2n) is 7.55. The average Bonchev–Trinajstić information content (AvgIpc) is 2.61. The highest BCUT2D eigenvalue weighted by Crippen LogP contribution is 2.22. The van der Waals surface area contributed by atoms with Gasteiger partial charge in [0.15, 0.2) is 6.29 Å². The minimum Gasteiger partial charge on any atom is -0.394 e. The SMILES string of the molecule is C/C(=C\CC/C(C)=C/CO[C@@H]1O[C@H](CO)[C@@H](O)[C@H](O)[C@H]1O)C/C=C/C(C)C.